The smallest absolute Gasteiger partial charge is 0.266 e. The van der Waals surface area contributed by atoms with Gasteiger partial charge in [0.1, 0.15) is 23.1 Å². The molecule has 2 aromatic carbocycles. The van der Waals surface area contributed by atoms with Crippen molar-refractivity contribution in [3.05, 3.63) is 56.5 Å². The third kappa shape index (κ3) is 6.62. The Labute approximate surface area is 184 Å². The van der Waals surface area contributed by atoms with Crippen molar-refractivity contribution in [3.8, 4) is 17.6 Å². The number of ether oxygens (including phenoxy) is 2. The summed E-state index contributed by atoms with van der Waals surface area (Å²) in [5, 5.41) is 12.1. The zero-order valence-electron chi connectivity index (χ0n) is 15.4. The zero-order valence-corrected chi connectivity index (χ0v) is 18.5. The second-order valence-corrected chi connectivity index (χ2v) is 7.41. The monoisotopic (exact) mass is 521 g/mol. The highest BCUT2D eigenvalue weighted by atomic mass is 79.9. The Morgan fingerprint density at radius 2 is 1.90 bits per heavy atom. The number of nitrogens with one attached hydrogen (secondary N) is 1. The molecule has 150 valence electrons. The van der Waals surface area contributed by atoms with Gasteiger partial charge in [-0.2, -0.15) is 5.26 Å². The summed E-state index contributed by atoms with van der Waals surface area (Å²) >= 11 is 6.69. The Bertz CT molecular complexity index is 982. The van der Waals surface area contributed by atoms with Crippen LogP contribution in [0, 0.1) is 11.3 Å². The van der Waals surface area contributed by atoms with Gasteiger partial charge in [-0.25, -0.2) is 0 Å². The number of hydrogen-bond acceptors (Lipinski definition) is 5. The van der Waals surface area contributed by atoms with E-state index in [1.165, 1.54) is 6.08 Å². The highest BCUT2D eigenvalue weighted by Gasteiger charge is 2.15. The third-order valence-corrected chi connectivity index (χ3v) is 4.53. The molecule has 0 aliphatic rings. The first kappa shape index (κ1) is 22.5. The molecule has 0 radical (unpaired) electrons. The van der Waals surface area contributed by atoms with Gasteiger partial charge in [-0.3, -0.25) is 9.59 Å². The van der Waals surface area contributed by atoms with E-state index in [1.54, 1.807) is 36.4 Å². The van der Waals surface area contributed by atoms with Crippen LogP contribution >= 0.6 is 31.9 Å². The Balaban J connectivity index is 2.29. The normalized spacial score (nSPS) is 10.8. The van der Waals surface area contributed by atoms with Crippen LogP contribution in [0.1, 0.15) is 12.5 Å². The predicted octanol–water partition coefficient (Wildman–Crippen LogP) is 4.02. The summed E-state index contributed by atoms with van der Waals surface area (Å²) in [5.74, 6) is -0.275. The Kier molecular flexibility index (Phi) is 8.24. The molecule has 2 aromatic rings. The van der Waals surface area contributed by atoms with Crippen LogP contribution in [-0.4, -0.2) is 25.0 Å². The van der Waals surface area contributed by atoms with Crippen LogP contribution in [0.25, 0.3) is 6.08 Å². The van der Waals surface area contributed by atoms with Gasteiger partial charge in [0.05, 0.1) is 11.1 Å². The fourth-order valence-corrected chi connectivity index (χ4v) is 3.66. The average molecular weight is 523 g/mol. The summed E-state index contributed by atoms with van der Waals surface area (Å²) in [5.41, 5.74) is 5.92. The van der Waals surface area contributed by atoms with E-state index in [1.807, 2.05) is 13.0 Å². The van der Waals surface area contributed by atoms with Crippen LogP contribution in [-0.2, 0) is 9.59 Å². The predicted molar refractivity (Wildman–Crippen MR) is 116 cm³/mol. The molecule has 0 aromatic heterocycles. The largest absolute Gasteiger partial charge is 0.494 e. The highest BCUT2D eigenvalue weighted by molar-refractivity contribution is 9.11. The van der Waals surface area contributed by atoms with Gasteiger partial charge < -0.3 is 20.5 Å². The minimum Gasteiger partial charge on any atom is -0.494 e. The van der Waals surface area contributed by atoms with Gasteiger partial charge in [0.2, 0.25) is 0 Å². The summed E-state index contributed by atoms with van der Waals surface area (Å²) in [6.07, 6.45) is 1.37. The maximum absolute atomic E-state index is 12.5. The van der Waals surface area contributed by atoms with Crippen molar-refractivity contribution in [3.63, 3.8) is 0 Å². The van der Waals surface area contributed by atoms with Crippen LogP contribution in [0.15, 0.2) is 50.9 Å². The molecule has 0 atom stereocenters. The molecule has 3 N–H and O–H groups in total. The minimum atomic E-state index is -0.650. The molecule has 0 saturated carbocycles. The van der Waals surface area contributed by atoms with E-state index in [9.17, 15) is 14.9 Å². The van der Waals surface area contributed by atoms with Gasteiger partial charge in [0.15, 0.2) is 6.61 Å². The molecule has 9 heteroatoms. The zero-order chi connectivity index (χ0) is 21.4. The number of primary amides is 1. The molecule has 0 bridgehead atoms. The average Bonchev–Trinajstić information content (AvgIpc) is 2.66. The quantitative estimate of drug-likeness (QED) is 0.401. The number of hydrogen-bond donors (Lipinski definition) is 2. The number of nitriles is 1. The van der Waals surface area contributed by atoms with Crippen molar-refractivity contribution in [1.82, 2.24) is 0 Å². The number of benzene rings is 2. The lowest BCUT2D eigenvalue weighted by Crippen LogP contribution is -2.20. The topological polar surface area (TPSA) is 114 Å². The van der Waals surface area contributed by atoms with E-state index in [2.05, 4.69) is 37.2 Å². The molecule has 0 aliphatic heterocycles. The molecule has 7 nitrogen and oxygen atoms in total. The van der Waals surface area contributed by atoms with Gasteiger partial charge in [0, 0.05) is 15.7 Å². The van der Waals surface area contributed by atoms with E-state index >= 15 is 0 Å². The van der Waals surface area contributed by atoms with Crippen molar-refractivity contribution in [2.24, 2.45) is 5.73 Å². The number of carbonyl (C=O) groups excluding carboxylic acids is 2. The van der Waals surface area contributed by atoms with Gasteiger partial charge in [-0.15, -0.1) is 0 Å². The number of rotatable bonds is 8. The summed E-state index contributed by atoms with van der Waals surface area (Å²) in [6, 6.07) is 12.0. The molecular formula is C20H17Br2N3O4. The number of nitrogens with zero attached hydrogens (tertiary/aromatic N) is 1. The first-order chi connectivity index (χ1) is 13.8. The number of carbonyl (C=O) groups is 2. The van der Waals surface area contributed by atoms with Gasteiger partial charge in [0.25, 0.3) is 11.8 Å². The van der Waals surface area contributed by atoms with Gasteiger partial charge in [-0.1, -0.05) is 15.9 Å². The molecule has 2 amide bonds. The van der Waals surface area contributed by atoms with Crippen LogP contribution in [0.5, 0.6) is 11.5 Å². The fourth-order valence-electron chi connectivity index (χ4n) is 2.29. The summed E-state index contributed by atoms with van der Waals surface area (Å²) in [4.78, 5) is 23.6. The molecule has 0 saturated heterocycles. The first-order valence-electron chi connectivity index (χ1n) is 8.40. The second kappa shape index (κ2) is 10.6. The van der Waals surface area contributed by atoms with E-state index in [0.29, 0.717) is 32.6 Å². The Morgan fingerprint density at radius 3 is 2.48 bits per heavy atom. The lowest BCUT2D eigenvalue weighted by Gasteiger charge is -2.11. The highest BCUT2D eigenvalue weighted by Crippen LogP contribution is 2.34. The van der Waals surface area contributed by atoms with E-state index in [-0.39, 0.29) is 17.9 Å². The Morgan fingerprint density at radius 1 is 1.21 bits per heavy atom. The maximum Gasteiger partial charge on any atom is 0.266 e. The first-order valence-corrected chi connectivity index (χ1v) is 9.98. The van der Waals surface area contributed by atoms with Crippen LogP contribution in [0.3, 0.4) is 0 Å². The molecule has 0 aliphatic carbocycles. The van der Waals surface area contributed by atoms with E-state index in [4.69, 9.17) is 15.2 Å². The van der Waals surface area contributed by atoms with Crippen molar-refractivity contribution in [1.29, 1.82) is 5.26 Å². The number of amides is 2. The standard InChI is InChI=1S/C20H17Br2N3O4/c1-2-28-16-5-3-15(4-6-16)25-20(27)13(10-23)7-12-8-14(21)9-17(22)19(12)29-11-18(24)26/h3-9H,2,11H2,1H3,(H2,24,26)(H,25,27)/b13-7+. The molecule has 0 fully saturated rings. The van der Waals surface area contributed by atoms with Crippen molar-refractivity contribution in [2.45, 2.75) is 6.92 Å². The fraction of sp³-hybridized carbons (Fsp3) is 0.150. The number of halogens is 2. The van der Waals surface area contributed by atoms with Crippen LogP contribution in [0.4, 0.5) is 5.69 Å². The second-order valence-electron chi connectivity index (χ2n) is 5.64. The maximum atomic E-state index is 12.5. The summed E-state index contributed by atoms with van der Waals surface area (Å²) in [7, 11) is 0. The third-order valence-electron chi connectivity index (χ3n) is 3.48. The Hall–Kier alpha value is -2.83. The SMILES string of the molecule is CCOc1ccc(NC(=O)/C(C#N)=C/c2cc(Br)cc(Br)c2OCC(N)=O)cc1. The van der Waals surface area contributed by atoms with Gasteiger partial charge in [-0.05, 0) is 65.3 Å². The van der Waals surface area contributed by atoms with Crippen molar-refractivity contribution >= 4 is 55.4 Å². The number of nitrogens with two attached hydrogens (primary N) is 1. The molecule has 2 rings (SSSR count). The van der Waals surface area contributed by atoms with Crippen molar-refractivity contribution < 1.29 is 19.1 Å². The van der Waals surface area contributed by atoms with E-state index < -0.39 is 11.8 Å². The molecule has 29 heavy (non-hydrogen) atoms. The summed E-state index contributed by atoms with van der Waals surface area (Å²) < 4.78 is 12.0. The minimum absolute atomic E-state index is 0.146. The molecule has 0 unspecified atom stereocenters. The molecule has 0 heterocycles. The van der Waals surface area contributed by atoms with Crippen LogP contribution in [0.2, 0.25) is 0 Å². The number of anilines is 1. The summed E-state index contributed by atoms with van der Waals surface area (Å²) in [6.45, 7) is 2.07. The van der Waals surface area contributed by atoms with Crippen molar-refractivity contribution in [2.75, 3.05) is 18.5 Å². The van der Waals surface area contributed by atoms with E-state index in [0.717, 1.165) is 0 Å². The molecule has 0 spiro atoms. The lowest BCUT2D eigenvalue weighted by molar-refractivity contribution is -0.120. The lowest BCUT2D eigenvalue weighted by atomic mass is 10.1. The van der Waals surface area contributed by atoms with Crippen LogP contribution < -0.4 is 20.5 Å². The molecular weight excluding hydrogens is 506 g/mol. The van der Waals surface area contributed by atoms with Gasteiger partial charge >= 0.3 is 0 Å².